The van der Waals surface area contributed by atoms with Crippen molar-refractivity contribution in [3.05, 3.63) is 65.3 Å². The van der Waals surface area contributed by atoms with Crippen LogP contribution in [-0.2, 0) is 0 Å². The number of hydrogen-bond acceptors (Lipinski definition) is 4. The van der Waals surface area contributed by atoms with Gasteiger partial charge in [-0.2, -0.15) is 0 Å². The van der Waals surface area contributed by atoms with Crippen LogP contribution in [0.25, 0.3) is 11.1 Å². The number of hydrogen-bond donors (Lipinski definition) is 2. The summed E-state index contributed by atoms with van der Waals surface area (Å²) in [5.41, 5.74) is 1.52. The number of methoxy groups -OCH3 is 1. The van der Waals surface area contributed by atoms with Crippen LogP contribution < -0.4 is 10.1 Å². The Bertz CT molecular complexity index is 1120. The zero-order valence-corrected chi connectivity index (χ0v) is 20.9. The maximum atomic E-state index is 12.9. The Kier molecular flexibility index (Phi) is 7.06. The minimum Gasteiger partial charge on any atom is -0.495 e. The number of carbonyl (C=O) groups is 2. The molecule has 1 amide bonds. The molecule has 29 heavy (non-hydrogen) atoms. The third kappa shape index (κ3) is 4.54. The Morgan fingerprint density at radius 3 is 2.34 bits per heavy atom. The van der Waals surface area contributed by atoms with Crippen LogP contribution in [0.2, 0.25) is 5.02 Å². The minimum atomic E-state index is -1.14. The first-order valence-corrected chi connectivity index (χ1v) is 11.5. The molecule has 1 heterocycles. The fourth-order valence-corrected chi connectivity index (χ4v) is 5.60. The van der Waals surface area contributed by atoms with Crippen LogP contribution in [0, 0.1) is 0 Å². The zero-order chi connectivity index (χ0) is 21.3. The number of amides is 1. The van der Waals surface area contributed by atoms with Crippen LogP contribution in [0.15, 0.2) is 49.1 Å². The number of carboxylic acids is 1. The molecule has 2 aromatic carbocycles. The monoisotopic (exact) mass is 621 g/mol. The van der Waals surface area contributed by atoms with Crippen molar-refractivity contribution in [1.82, 2.24) is 0 Å². The number of carboxylic acid groups (broad SMARTS) is 1. The Morgan fingerprint density at radius 2 is 1.76 bits per heavy atom. The van der Waals surface area contributed by atoms with E-state index in [1.807, 2.05) is 0 Å². The Balaban J connectivity index is 2.01. The minimum absolute atomic E-state index is 0.0190. The summed E-state index contributed by atoms with van der Waals surface area (Å²) in [4.78, 5) is 24.9. The molecular formula is C19H11Br3ClNO4S. The van der Waals surface area contributed by atoms with Crippen LogP contribution in [-0.4, -0.2) is 24.1 Å². The normalized spacial score (nSPS) is 10.7. The molecule has 0 aliphatic heterocycles. The highest BCUT2D eigenvalue weighted by molar-refractivity contribution is 9.13. The van der Waals surface area contributed by atoms with Gasteiger partial charge >= 0.3 is 5.97 Å². The summed E-state index contributed by atoms with van der Waals surface area (Å²) in [5.74, 6) is -1.08. The SMILES string of the molecule is COc1cc(Br)c(C(=O)Nc2scc(-c3ccc(Cl)cc3)c2C(=O)O)c(Br)c1Br. The summed E-state index contributed by atoms with van der Waals surface area (Å²) in [6.45, 7) is 0. The van der Waals surface area contributed by atoms with E-state index >= 15 is 0 Å². The highest BCUT2D eigenvalue weighted by atomic mass is 79.9. The number of aromatic carboxylic acids is 1. The lowest BCUT2D eigenvalue weighted by Crippen LogP contribution is -2.15. The Hall–Kier alpha value is -1.39. The molecule has 0 unspecified atom stereocenters. The zero-order valence-electron chi connectivity index (χ0n) is 14.6. The van der Waals surface area contributed by atoms with E-state index in [0.29, 0.717) is 40.9 Å². The van der Waals surface area contributed by atoms with E-state index in [9.17, 15) is 14.7 Å². The lowest BCUT2D eigenvalue weighted by molar-refractivity contribution is 0.0699. The molecule has 0 radical (unpaired) electrons. The number of anilines is 1. The number of carbonyl (C=O) groups excluding carboxylic acids is 1. The van der Waals surface area contributed by atoms with Gasteiger partial charge in [0.2, 0.25) is 0 Å². The summed E-state index contributed by atoms with van der Waals surface area (Å²) in [5, 5.41) is 14.9. The van der Waals surface area contributed by atoms with E-state index < -0.39 is 11.9 Å². The van der Waals surface area contributed by atoms with E-state index in [-0.39, 0.29) is 10.6 Å². The molecule has 5 nitrogen and oxygen atoms in total. The second kappa shape index (κ2) is 9.18. The van der Waals surface area contributed by atoms with E-state index in [1.165, 1.54) is 7.11 Å². The molecule has 150 valence electrons. The molecule has 3 aromatic rings. The fourth-order valence-electron chi connectivity index (χ4n) is 2.60. The third-order valence-electron chi connectivity index (χ3n) is 3.96. The van der Waals surface area contributed by atoms with Gasteiger partial charge in [-0.1, -0.05) is 23.7 Å². The van der Waals surface area contributed by atoms with E-state index in [2.05, 4.69) is 53.1 Å². The molecule has 0 atom stereocenters. The second-order valence-corrected chi connectivity index (χ2v) is 9.44. The molecule has 2 N–H and O–H groups in total. The smallest absolute Gasteiger partial charge is 0.339 e. The number of halogens is 4. The number of nitrogens with one attached hydrogen (secondary N) is 1. The standard InChI is InChI=1S/C19H11Br3ClNO4S/c1-28-12-6-11(20)14(16(22)15(12)21)17(25)24-18-13(19(26)27)10(7-29-18)8-2-4-9(23)5-3-8/h2-7H,1H3,(H,24,25)(H,26,27). The largest absolute Gasteiger partial charge is 0.495 e. The van der Waals surface area contributed by atoms with Gasteiger partial charge in [-0.15, -0.1) is 11.3 Å². The number of rotatable bonds is 5. The predicted molar refractivity (Wildman–Crippen MR) is 126 cm³/mol. The summed E-state index contributed by atoms with van der Waals surface area (Å²) in [7, 11) is 1.52. The maximum Gasteiger partial charge on any atom is 0.339 e. The van der Waals surface area contributed by atoms with Crippen molar-refractivity contribution < 1.29 is 19.4 Å². The van der Waals surface area contributed by atoms with Crippen molar-refractivity contribution in [2.24, 2.45) is 0 Å². The summed E-state index contributed by atoms with van der Waals surface area (Å²) >= 11 is 17.2. The molecule has 10 heteroatoms. The van der Waals surface area contributed by atoms with Gasteiger partial charge in [0.1, 0.15) is 16.3 Å². The summed E-state index contributed by atoms with van der Waals surface area (Å²) < 4.78 is 6.79. The molecule has 0 aliphatic rings. The van der Waals surface area contributed by atoms with Crippen LogP contribution in [0.4, 0.5) is 5.00 Å². The van der Waals surface area contributed by atoms with Crippen molar-refractivity contribution >= 4 is 87.6 Å². The van der Waals surface area contributed by atoms with Crippen LogP contribution >= 0.6 is 70.7 Å². The number of benzene rings is 2. The van der Waals surface area contributed by atoms with Gasteiger partial charge in [0, 0.05) is 24.9 Å². The van der Waals surface area contributed by atoms with E-state index in [4.69, 9.17) is 16.3 Å². The number of ether oxygens (including phenoxy) is 1. The molecule has 0 bridgehead atoms. The average molecular weight is 625 g/mol. The topological polar surface area (TPSA) is 75.6 Å². The fraction of sp³-hybridized carbons (Fsp3) is 0.0526. The average Bonchev–Trinajstić information content (AvgIpc) is 3.09. The van der Waals surface area contributed by atoms with Gasteiger partial charge in [-0.05, 0) is 71.6 Å². The molecule has 0 saturated carbocycles. The Labute approximate surface area is 200 Å². The Morgan fingerprint density at radius 1 is 1.10 bits per heavy atom. The second-order valence-electron chi connectivity index (χ2n) is 5.68. The van der Waals surface area contributed by atoms with Gasteiger partial charge in [0.05, 0.1) is 17.1 Å². The lowest BCUT2D eigenvalue weighted by atomic mass is 10.0. The van der Waals surface area contributed by atoms with Crippen molar-refractivity contribution in [2.45, 2.75) is 0 Å². The van der Waals surface area contributed by atoms with Crippen molar-refractivity contribution in [3.8, 4) is 16.9 Å². The molecule has 0 saturated heterocycles. The molecule has 1 aromatic heterocycles. The number of thiophene rings is 1. The first-order chi connectivity index (χ1) is 13.7. The molecule has 0 fully saturated rings. The van der Waals surface area contributed by atoms with E-state index in [1.54, 1.807) is 35.7 Å². The van der Waals surface area contributed by atoms with Crippen LogP contribution in [0.3, 0.4) is 0 Å². The third-order valence-corrected chi connectivity index (χ3v) is 7.84. The first kappa shape index (κ1) is 22.3. The molecule has 3 rings (SSSR count). The van der Waals surface area contributed by atoms with Gasteiger partial charge in [0.25, 0.3) is 5.91 Å². The summed E-state index contributed by atoms with van der Waals surface area (Å²) in [6.07, 6.45) is 0. The highest BCUT2D eigenvalue weighted by Crippen LogP contribution is 2.41. The van der Waals surface area contributed by atoms with Crippen molar-refractivity contribution in [2.75, 3.05) is 12.4 Å². The van der Waals surface area contributed by atoms with Crippen molar-refractivity contribution in [1.29, 1.82) is 0 Å². The van der Waals surface area contributed by atoms with Gasteiger partial charge in [-0.25, -0.2) is 4.79 Å². The van der Waals surface area contributed by atoms with Gasteiger partial charge < -0.3 is 15.2 Å². The molecular weight excluding hydrogens is 613 g/mol. The summed E-state index contributed by atoms with van der Waals surface area (Å²) in [6, 6.07) is 8.48. The van der Waals surface area contributed by atoms with Crippen LogP contribution in [0.1, 0.15) is 20.7 Å². The molecule has 0 spiro atoms. The van der Waals surface area contributed by atoms with E-state index in [0.717, 1.165) is 11.3 Å². The van der Waals surface area contributed by atoms with Gasteiger partial charge in [0.15, 0.2) is 0 Å². The van der Waals surface area contributed by atoms with Crippen molar-refractivity contribution in [3.63, 3.8) is 0 Å². The van der Waals surface area contributed by atoms with Crippen LogP contribution in [0.5, 0.6) is 5.75 Å². The highest BCUT2D eigenvalue weighted by Gasteiger charge is 2.25. The van der Waals surface area contributed by atoms with Gasteiger partial charge in [-0.3, -0.25) is 4.79 Å². The molecule has 0 aliphatic carbocycles. The first-order valence-electron chi connectivity index (χ1n) is 7.88. The lowest BCUT2D eigenvalue weighted by Gasteiger charge is -2.13. The maximum absolute atomic E-state index is 12.9. The predicted octanol–water partition coefficient (Wildman–Crippen LogP) is 7.32. The quantitative estimate of drug-likeness (QED) is 0.292.